The molecule has 2 N–H and O–H groups in total. The molecule has 1 aliphatic carbocycles. The van der Waals surface area contributed by atoms with Crippen molar-refractivity contribution in [3.63, 3.8) is 0 Å². The second-order valence-corrected chi connectivity index (χ2v) is 9.06. The molecule has 176 valence electrons. The topological polar surface area (TPSA) is 101 Å². The fourth-order valence-corrected chi connectivity index (χ4v) is 5.00. The first-order chi connectivity index (χ1) is 15.7. The molecule has 1 aromatic carbocycles. The molecule has 1 aliphatic heterocycles. The van der Waals surface area contributed by atoms with E-state index in [9.17, 15) is 23.9 Å². The third kappa shape index (κ3) is 4.00. The zero-order chi connectivity index (χ0) is 23.9. The Morgan fingerprint density at radius 1 is 1.36 bits per heavy atom. The molecule has 8 nitrogen and oxygen atoms in total. The molecule has 1 saturated carbocycles. The van der Waals surface area contributed by atoms with E-state index in [-0.39, 0.29) is 34.3 Å². The molecule has 2 aliphatic rings. The lowest BCUT2D eigenvalue weighted by molar-refractivity contribution is -0.0265. The number of likely N-dealkylation sites (N-methyl/N-ethyl adjacent to an activating group) is 1. The van der Waals surface area contributed by atoms with Gasteiger partial charge in [-0.1, -0.05) is 23.7 Å². The standard InChI is InChI=1S/C23H25ClFN3O5/c1-3-33-11-13-7-23(8-13)12-27(2)22(32)18-20(30)19(29)15(10-28(18)23)21(31)26-9-14-5-4-6-16(24)17(14)25/h4-6,10,13,30H,3,7-9,11-12H2,1-2H3,(H,26,31). The van der Waals surface area contributed by atoms with Crippen molar-refractivity contribution in [2.45, 2.75) is 31.8 Å². The number of fused-ring (bicyclic) bond motifs is 2. The Morgan fingerprint density at radius 3 is 2.79 bits per heavy atom. The monoisotopic (exact) mass is 477 g/mol. The number of ether oxygens (including phenoxy) is 1. The molecular weight excluding hydrogens is 453 g/mol. The lowest BCUT2D eigenvalue weighted by Gasteiger charge is -2.54. The number of rotatable bonds is 6. The maximum Gasteiger partial charge on any atom is 0.274 e. The normalized spacial score (nSPS) is 21.6. The first-order valence-electron chi connectivity index (χ1n) is 10.7. The van der Waals surface area contributed by atoms with E-state index in [1.54, 1.807) is 17.7 Å². The summed E-state index contributed by atoms with van der Waals surface area (Å²) in [5.74, 6) is -2.43. The number of aromatic nitrogens is 1. The van der Waals surface area contributed by atoms with E-state index in [1.807, 2.05) is 6.92 Å². The van der Waals surface area contributed by atoms with Crippen LogP contribution in [0.4, 0.5) is 4.39 Å². The molecule has 2 heterocycles. The number of nitrogens with zero attached hydrogens (tertiary/aromatic N) is 2. The summed E-state index contributed by atoms with van der Waals surface area (Å²) in [6, 6.07) is 4.41. The van der Waals surface area contributed by atoms with E-state index in [2.05, 4.69) is 5.32 Å². The summed E-state index contributed by atoms with van der Waals surface area (Å²) in [7, 11) is 1.62. The number of carbonyl (C=O) groups is 2. The van der Waals surface area contributed by atoms with Crippen molar-refractivity contribution >= 4 is 23.4 Å². The molecule has 0 atom stereocenters. The number of nitrogens with one attached hydrogen (secondary N) is 1. The van der Waals surface area contributed by atoms with Gasteiger partial charge in [-0.25, -0.2) is 4.39 Å². The Morgan fingerprint density at radius 2 is 2.09 bits per heavy atom. The van der Waals surface area contributed by atoms with Gasteiger partial charge in [0.1, 0.15) is 11.4 Å². The summed E-state index contributed by atoms with van der Waals surface area (Å²) in [5.41, 5.74) is -1.78. The second kappa shape index (κ2) is 8.79. The predicted octanol–water partition coefficient (Wildman–Crippen LogP) is 2.50. The van der Waals surface area contributed by atoms with Gasteiger partial charge in [-0.3, -0.25) is 14.4 Å². The minimum absolute atomic E-state index is 0.0793. The molecule has 0 unspecified atom stereocenters. The van der Waals surface area contributed by atoms with E-state index in [4.69, 9.17) is 16.3 Å². The van der Waals surface area contributed by atoms with Crippen LogP contribution in [0.5, 0.6) is 5.75 Å². The van der Waals surface area contributed by atoms with Crippen molar-refractivity contribution in [3.05, 3.63) is 62.3 Å². The summed E-state index contributed by atoms with van der Waals surface area (Å²) < 4.78 is 21.2. The highest BCUT2D eigenvalue weighted by Gasteiger charge is 2.51. The van der Waals surface area contributed by atoms with Crippen molar-refractivity contribution in [3.8, 4) is 5.75 Å². The number of pyridine rings is 1. The van der Waals surface area contributed by atoms with Crippen LogP contribution in [-0.2, 0) is 16.8 Å². The van der Waals surface area contributed by atoms with Gasteiger partial charge >= 0.3 is 0 Å². The van der Waals surface area contributed by atoms with Gasteiger partial charge in [0, 0.05) is 45.1 Å². The van der Waals surface area contributed by atoms with Crippen LogP contribution in [0.25, 0.3) is 0 Å². The molecular formula is C23H25ClFN3O5. The average molecular weight is 478 g/mol. The number of halogens is 2. The van der Waals surface area contributed by atoms with E-state index in [1.165, 1.54) is 23.2 Å². The van der Waals surface area contributed by atoms with Crippen LogP contribution in [0.2, 0.25) is 5.02 Å². The average Bonchev–Trinajstić information content (AvgIpc) is 2.76. The molecule has 0 bridgehead atoms. The molecule has 1 fully saturated rings. The first-order valence-corrected chi connectivity index (χ1v) is 11.1. The Bertz CT molecular complexity index is 1180. The summed E-state index contributed by atoms with van der Waals surface area (Å²) >= 11 is 5.78. The molecule has 33 heavy (non-hydrogen) atoms. The van der Waals surface area contributed by atoms with Crippen molar-refractivity contribution in [2.24, 2.45) is 5.92 Å². The summed E-state index contributed by atoms with van der Waals surface area (Å²) in [5, 5.41) is 13.0. The molecule has 10 heteroatoms. The summed E-state index contributed by atoms with van der Waals surface area (Å²) in [6.07, 6.45) is 2.69. The number of hydrogen-bond donors (Lipinski definition) is 2. The van der Waals surface area contributed by atoms with Gasteiger partial charge in [0.05, 0.1) is 10.6 Å². The largest absolute Gasteiger partial charge is 0.503 e. The molecule has 4 rings (SSSR count). The second-order valence-electron chi connectivity index (χ2n) is 8.65. The van der Waals surface area contributed by atoms with Crippen LogP contribution in [0.15, 0.2) is 29.2 Å². The number of benzene rings is 1. The molecule has 2 amide bonds. The van der Waals surface area contributed by atoms with E-state index in [0.717, 1.165) is 0 Å². The smallest absolute Gasteiger partial charge is 0.274 e. The Kier molecular flexibility index (Phi) is 6.20. The van der Waals surface area contributed by atoms with Crippen molar-refractivity contribution in [1.82, 2.24) is 14.8 Å². The molecule has 1 aromatic heterocycles. The fraction of sp³-hybridized carbons (Fsp3) is 0.435. The Hall–Kier alpha value is -2.91. The highest BCUT2D eigenvalue weighted by atomic mass is 35.5. The van der Waals surface area contributed by atoms with Gasteiger partial charge in [-0.2, -0.15) is 0 Å². The SMILES string of the molecule is CCOCC1CC2(C1)CN(C)C(=O)c1c(O)c(=O)c(C(=O)NCc3cccc(Cl)c3F)cn12. The minimum Gasteiger partial charge on any atom is -0.503 e. The summed E-state index contributed by atoms with van der Waals surface area (Å²) in [6.45, 7) is 3.29. The van der Waals surface area contributed by atoms with Gasteiger partial charge in [0.2, 0.25) is 5.43 Å². The number of hydrogen-bond acceptors (Lipinski definition) is 5. The van der Waals surface area contributed by atoms with Crippen LogP contribution in [-0.4, -0.2) is 53.2 Å². The lowest BCUT2D eigenvalue weighted by Crippen LogP contribution is -2.60. The highest BCUT2D eigenvalue weighted by molar-refractivity contribution is 6.30. The predicted molar refractivity (Wildman–Crippen MR) is 119 cm³/mol. The highest BCUT2D eigenvalue weighted by Crippen LogP contribution is 2.48. The summed E-state index contributed by atoms with van der Waals surface area (Å²) in [4.78, 5) is 39.9. The fourth-order valence-electron chi connectivity index (χ4n) is 4.81. The number of carbonyl (C=O) groups excluding carboxylic acids is 2. The quantitative estimate of drug-likeness (QED) is 0.665. The van der Waals surface area contributed by atoms with Gasteiger partial charge in [-0.05, 0) is 31.7 Å². The van der Waals surface area contributed by atoms with Crippen molar-refractivity contribution in [1.29, 1.82) is 0 Å². The first kappa shape index (κ1) is 23.3. The van der Waals surface area contributed by atoms with Crippen LogP contribution in [0, 0.1) is 11.7 Å². The van der Waals surface area contributed by atoms with Crippen LogP contribution in [0.1, 0.15) is 46.2 Å². The Labute approximate surface area is 194 Å². The number of amides is 2. The Balaban J connectivity index is 1.66. The minimum atomic E-state index is -0.950. The van der Waals surface area contributed by atoms with Gasteiger partial charge < -0.3 is 24.6 Å². The van der Waals surface area contributed by atoms with Crippen molar-refractivity contribution in [2.75, 3.05) is 26.8 Å². The van der Waals surface area contributed by atoms with E-state index >= 15 is 0 Å². The van der Waals surface area contributed by atoms with Gasteiger partial charge in [0.25, 0.3) is 11.8 Å². The van der Waals surface area contributed by atoms with E-state index < -0.39 is 34.3 Å². The van der Waals surface area contributed by atoms with Crippen molar-refractivity contribution < 1.29 is 23.8 Å². The molecule has 0 saturated heterocycles. The maximum absolute atomic E-state index is 14.1. The van der Waals surface area contributed by atoms with Crippen LogP contribution >= 0.6 is 11.6 Å². The van der Waals surface area contributed by atoms with Gasteiger partial charge in [0.15, 0.2) is 11.4 Å². The van der Waals surface area contributed by atoms with E-state index in [0.29, 0.717) is 32.6 Å². The molecule has 2 aromatic rings. The maximum atomic E-state index is 14.1. The third-order valence-corrected chi connectivity index (χ3v) is 6.68. The molecule has 1 spiro atoms. The lowest BCUT2D eigenvalue weighted by atomic mass is 9.67. The molecule has 0 radical (unpaired) electrons. The third-order valence-electron chi connectivity index (χ3n) is 6.39. The van der Waals surface area contributed by atoms with Crippen LogP contribution in [0.3, 0.4) is 0 Å². The van der Waals surface area contributed by atoms with Gasteiger partial charge in [-0.15, -0.1) is 0 Å². The zero-order valence-electron chi connectivity index (χ0n) is 18.4. The number of aromatic hydroxyl groups is 1. The zero-order valence-corrected chi connectivity index (χ0v) is 19.1. The van der Waals surface area contributed by atoms with Crippen LogP contribution < -0.4 is 10.7 Å².